The Morgan fingerprint density at radius 2 is 2.16 bits per heavy atom. The average Bonchev–Trinajstić information content (AvgIpc) is 2.75. The summed E-state index contributed by atoms with van der Waals surface area (Å²) in [5.74, 6) is -0.234. The smallest absolute Gasteiger partial charge is 0.263 e. The number of aromatic nitrogens is 1. The Balaban J connectivity index is 2.30. The van der Waals surface area contributed by atoms with E-state index in [0.717, 1.165) is 15.9 Å². The molecular formula is C12H13FN2O3S. The number of nitrogens with zero attached hydrogens (tertiary/aromatic N) is 2. The van der Waals surface area contributed by atoms with Gasteiger partial charge in [0.25, 0.3) is 10.0 Å². The van der Waals surface area contributed by atoms with Crippen LogP contribution in [0.1, 0.15) is 11.3 Å². The maximum absolute atomic E-state index is 13.5. The van der Waals surface area contributed by atoms with E-state index in [2.05, 4.69) is 4.98 Å². The third-order valence-corrected chi connectivity index (χ3v) is 4.48. The number of hydrogen-bond donors (Lipinski definition) is 0. The van der Waals surface area contributed by atoms with E-state index in [0.29, 0.717) is 5.76 Å². The predicted octanol–water partition coefficient (Wildman–Crippen LogP) is 1.94. The Bertz CT molecular complexity index is 682. The Morgan fingerprint density at radius 3 is 2.74 bits per heavy atom. The summed E-state index contributed by atoms with van der Waals surface area (Å²) in [6, 6.07) is 4.08. The molecule has 0 N–H and O–H groups in total. The molecule has 0 fully saturated rings. The second kappa shape index (κ2) is 5.10. The van der Waals surface area contributed by atoms with Gasteiger partial charge in [-0.3, -0.25) is 0 Å². The molecule has 0 saturated heterocycles. The van der Waals surface area contributed by atoms with E-state index in [4.69, 9.17) is 4.42 Å². The van der Waals surface area contributed by atoms with Crippen molar-refractivity contribution in [2.75, 3.05) is 7.05 Å². The van der Waals surface area contributed by atoms with Crippen LogP contribution < -0.4 is 0 Å². The van der Waals surface area contributed by atoms with Crippen LogP contribution in [0.2, 0.25) is 0 Å². The number of rotatable bonds is 4. The minimum absolute atomic E-state index is 0.0979. The first kappa shape index (κ1) is 13.7. The molecule has 0 aliphatic carbocycles. The summed E-state index contributed by atoms with van der Waals surface area (Å²) in [6.07, 6.45) is 2.72. The predicted molar refractivity (Wildman–Crippen MR) is 66.3 cm³/mol. The van der Waals surface area contributed by atoms with Gasteiger partial charge < -0.3 is 4.42 Å². The number of halogens is 1. The summed E-state index contributed by atoms with van der Waals surface area (Å²) in [5, 5.41) is -0.571. The lowest BCUT2D eigenvalue weighted by Crippen LogP contribution is -2.28. The Hall–Kier alpha value is -1.73. The molecular weight excluding hydrogens is 271 g/mol. The van der Waals surface area contributed by atoms with Gasteiger partial charge >= 0.3 is 0 Å². The Labute approximate surface area is 110 Å². The van der Waals surface area contributed by atoms with Gasteiger partial charge in [0, 0.05) is 25.4 Å². The minimum Gasteiger partial charge on any atom is -0.469 e. The van der Waals surface area contributed by atoms with Crippen molar-refractivity contribution in [2.24, 2.45) is 0 Å². The highest BCUT2D eigenvalue weighted by molar-refractivity contribution is 7.89. The summed E-state index contributed by atoms with van der Waals surface area (Å²) >= 11 is 0. The van der Waals surface area contributed by atoms with Gasteiger partial charge in [-0.15, -0.1) is 0 Å². The highest BCUT2D eigenvalue weighted by atomic mass is 32.2. The molecule has 2 aromatic heterocycles. The fourth-order valence-electron chi connectivity index (χ4n) is 1.61. The van der Waals surface area contributed by atoms with E-state index in [9.17, 15) is 12.8 Å². The summed E-state index contributed by atoms with van der Waals surface area (Å²) in [5.41, 5.74) is 0.724. The number of sulfonamides is 1. The van der Waals surface area contributed by atoms with Gasteiger partial charge in [0.1, 0.15) is 5.76 Å². The van der Waals surface area contributed by atoms with Gasteiger partial charge in [-0.2, -0.15) is 4.31 Å². The zero-order valence-electron chi connectivity index (χ0n) is 10.5. The van der Waals surface area contributed by atoms with Crippen LogP contribution in [0.4, 0.5) is 4.39 Å². The molecule has 0 radical (unpaired) electrons. The van der Waals surface area contributed by atoms with Crippen LogP contribution >= 0.6 is 0 Å². The molecule has 102 valence electrons. The molecule has 2 heterocycles. The van der Waals surface area contributed by atoms with Crippen LogP contribution in [-0.2, 0) is 16.6 Å². The molecule has 0 saturated carbocycles. The van der Waals surface area contributed by atoms with E-state index in [1.54, 1.807) is 13.0 Å². The van der Waals surface area contributed by atoms with E-state index in [1.165, 1.54) is 25.6 Å². The topological polar surface area (TPSA) is 63.4 Å². The first-order valence-electron chi connectivity index (χ1n) is 5.52. The molecule has 0 bridgehead atoms. The minimum atomic E-state index is -3.96. The molecule has 0 aromatic carbocycles. The van der Waals surface area contributed by atoms with Crippen LogP contribution in [0, 0.1) is 12.7 Å². The van der Waals surface area contributed by atoms with Gasteiger partial charge in [-0.1, -0.05) is 0 Å². The molecule has 0 atom stereocenters. The highest BCUT2D eigenvalue weighted by Crippen LogP contribution is 2.19. The fraction of sp³-hybridized carbons (Fsp3) is 0.250. The number of hydrogen-bond acceptors (Lipinski definition) is 4. The number of aryl methyl sites for hydroxylation is 1. The third kappa shape index (κ3) is 2.66. The summed E-state index contributed by atoms with van der Waals surface area (Å²) in [4.78, 5) is 3.59. The molecule has 7 heteroatoms. The van der Waals surface area contributed by atoms with E-state index in [1.807, 2.05) is 0 Å². The quantitative estimate of drug-likeness (QED) is 0.860. The van der Waals surface area contributed by atoms with Crippen molar-refractivity contribution in [3.05, 3.63) is 47.8 Å². The molecule has 19 heavy (non-hydrogen) atoms. The molecule has 0 unspecified atom stereocenters. The van der Waals surface area contributed by atoms with Crippen molar-refractivity contribution in [3.63, 3.8) is 0 Å². The van der Waals surface area contributed by atoms with Crippen molar-refractivity contribution in [2.45, 2.75) is 18.5 Å². The maximum atomic E-state index is 13.5. The molecule has 0 spiro atoms. The molecule has 0 aliphatic rings. The van der Waals surface area contributed by atoms with Crippen molar-refractivity contribution in [1.29, 1.82) is 0 Å². The monoisotopic (exact) mass is 284 g/mol. The number of furan rings is 1. The zero-order valence-corrected chi connectivity index (χ0v) is 11.3. The van der Waals surface area contributed by atoms with Gasteiger partial charge in [-0.05, 0) is 25.1 Å². The van der Waals surface area contributed by atoms with Crippen molar-refractivity contribution in [1.82, 2.24) is 9.29 Å². The maximum Gasteiger partial charge on any atom is 0.263 e. The number of pyridine rings is 1. The highest BCUT2D eigenvalue weighted by Gasteiger charge is 2.26. The Morgan fingerprint density at radius 1 is 1.42 bits per heavy atom. The fourth-order valence-corrected chi connectivity index (χ4v) is 2.72. The second-order valence-corrected chi connectivity index (χ2v) is 6.01. The lowest BCUT2D eigenvalue weighted by atomic mass is 10.3. The van der Waals surface area contributed by atoms with Crippen LogP contribution in [0.15, 0.2) is 40.1 Å². The third-order valence-electron chi connectivity index (χ3n) is 2.74. The standard InChI is InChI=1S/C12H13FN2O3S/c1-9-10(5-7-18-9)8-15(2)19(16,17)12-11(13)4-3-6-14-12/h3-7H,8H2,1-2H3. The molecule has 0 amide bonds. The van der Waals surface area contributed by atoms with Crippen LogP contribution in [0.5, 0.6) is 0 Å². The normalized spacial score (nSPS) is 12.0. The lowest BCUT2D eigenvalue weighted by molar-refractivity contribution is 0.449. The largest absolute Gasteiger partial charge is 0.469 e. The van der Waals surface area contributed by atoms with Gasteiger partial charge in [0.15, 0.2) is 5.82 Å². The molecule has 0 aliphatic heterocycles. The van der Waals surface area contributed by atoms with Crippen molar-refractivity contribution >= 4 is 10.0 Å². The van der Waals surface area contributed by atoms with E-state index < -0.39 is 20.9 Å². The first-order chi connectivity index (χ1) is 8.93. The molecule has 2 aromatic rings. The summed E-state index contributed by atoms with van der Waals surface area (Å²) in [7, 11) is -2.59. The second-order valence-electron chi connectivity index (χ2n) is 4.05. The Kier molecular flexibility index (Phi) is 3.68. The van der Waals surface area contributed by atoms with Gasteiger partial charge in [0.2, 0.25) is 5.03 Å². The average molecular weight is 284 g/mol. The van der Waals surface area contributed by atoms with Gasteiger partial charge in [-0.25, -0.2) is 17.8 Å². The van der Waals surface area contributed by atoms with Crippen molar-refractivity contribution < 1.29 is 17.2 Å². The SMILES string of the molecule is Cc1occc1CN(C)S(=O)(=O)c1ncccc1F. The summed E-state index contributed by atoms with van der Waals surface area (Å²) < 4.78 is 44.0. The lowest BCUT2D eigenvalue weighted by Gasteiger charge is -2.16. The van der Waals surface area contributed by atoms with Crippen LogP contribution in [0.3, 0.4) is 0 Å². The molecule has 2 rings (SSSR count). The molecule has 5 nitrogen and oxygen atoms in total. The zero-order chi connectivity index (χ0) is 14.0. The summed E-state index contributed by atoms with van der Waals surface area (Å²) in [6.45, 7) is 1.83. The van der Waals surface area contributed by atoms with Gasteiger partial charge in [0.05, 0.1) is 6.26 Å². The van der Waals surface area contributed by atoms with Crippen LogP contribution in [0.25, 0.3) is 0 Å². The van der Waals surface area contributed by atoms with E-state index >= 15 is 0 Å². The van der Waals surface area contributed by atoms with Crippen molar-refractivity contribution in [3.8, 4) is 0 Å². The van der Waals surface area contributed by atoms with Crippen LogP contribution in [-0.4, -0.2) is 24.8 Å². The van der Waals surface area contributed by atoms with E-state index in [-0.39, 0.29) is 6.54 Å². The first-order valence-corrected chi connectivity index (χ1v) is 6.97.